The van der Waals surface area contributed by atoms with Crippen LogP contribution >= 0.6 is 0 Å². The van der Waals surface area contributed by atoms with Crippen LogP contribution < -0.4 is 0 Å². The normalized spacial score (nSPS) is 34.5. The highest BCUT2D eigenvalue weighted by Crippen LogP contribution is 2.25. The van der Waals surface area contributed by atoms with Gasteiger partial charge in [-0.15, -0.1) is 0 Å². The molecule has 1 heterocycles. The lowest BCUT2D eigenvalue weighted by Gasteiger charge is -2.25. The molecule has 1 rings (SSSR count). The third-order valence-corrected chi connectivity index (χ3v) is 2.41. The fraction of sp³-hybridized carbons (Fsp3) is 0.875. The molecule has 1 aliphatic rings. The molecule has 0 unspecified atom stereocenters. The van der Waals surface area contributed by atoms with Crippen molar-refractivity contribution in [1.82, 2.24) is 4.90 Å². The summed E-state index contributed by atoms with van der Waals surface area (Å²) in [6.07, 6.45) is 0.160. The molecular weight excluding hydrogens is 142 g/mol. The summed E-state index contributed by atoms with van der Waals surface area (Å²) in [5.74, 6) is 0.427. The van der Waals surface area contributed by atoms with Gasteiger partial charge in [0.15, 0.2) is 0 Å². The number of aliphatic hydroxyl groups excluding tert-OH is 1. The monoisotopic (exact) mass is 157 g/mol. The van der Waals surface area contributed by atoms with Crippen molar-refractivity contribution < 1.29 is 9.90 Å². The maximum atomic E-state index is 11.1. The number of carbonyl (C=O) groups is 1. The first-order chi connectivity index (χ1) is 5.04. The molecule has 0 radical (unpaired) electrons. The van der Waals surface area contributed by atoms with Gasteiger partial charge in [-0.25, -0.2) is 0 Å². The highest BCUT2D eigenvalue weighted by atomic mass is 16.3. The number of likely N-dealkylation sites (tertiary alicyclic amines) is 1. The van der Waals surface area contributed by atoms with Crippen molar-refractivity contribution in [2.45, 2.75) is 32.4 Å². The molecule has 1 saturated heterocycles. The number of hydrogen-bond donors (Lipinski definition) is 1. The molecule has 64 valence electrons. The third-order valence-electron chi connectivity index (χ3n) is 2.41. The van der Waals surface area contributed by atoms with Crippen molar-refractivity contribution in [3.8, 4) is 0 Å². The molecule has 0 aromatic rings. The van der Waals surface area contributed by atoms with Gasteiger partial charge in [0.2, 0.25) is 5.91 Å². The minimum atomic E-state index is -0.415. The smallest absolute Gasteiger partial charge is 0.223 e. The van der Waals surface area contributed by atoms with Crippen LogP contribution in [0.5, 0.6) is 0 Å². The van der Waals surface area contributed by atoms with Gasteiger partial charge < -0.3 is 10.0 Å². The maximum absolute atomic E-state index is 11.1. The van der Waals surface area contributed by atoms with Crippen molar-refractivity contribution in [2.75, 3.05) is 7.05 Å². The van der Waals surface area contributed by atoms with E-state index in [0.29, 0.717) is 6.42 Å². The van der Waals surface area contributed by atoms with E-state index in [0.717, 1.165) is 0 Å². The number of nitrogens with zero attached hydrogens (tertiary/aromatic N) is 1. The summed E-state index contributed by atoms with van der Waals surface area (Å²) >= 11 is 0. The first-order valence-corrected chi connectivity index (χ1v) is 3.97. The van der Waals surface area contributed by atoms with Crippen LogP contribution in [0.2, 0.25) is 0 Å². The molecule has 0 aliphatic carbocycles. The number of hydrogen-bond acceptors (Lipinski definition) is 2. The quantitative estimate of drug-likeness (QED) is 0.592. The summed E-state index contributed by atoms with van der Waals surface area (Å²) in [7, 11) is 1.75. The lowest BCUT2D eigenvalue weighted by atomic mass is 9.99. The second kappa shape index (κ2) is 2.81. The van der Waals surface area contributed by atoms with Gasteiger partial charge in [0, 0.05) is 13.5 Å². The molecule has 11 heavy (non-hydrogen) atoms. The molecular formula is C8H15NO2. The van der Waals surface area contributed by atoms with E-state index in [1.165, 1.54) is 0 Å². The minimum Gasteiger partial charge on any atom is -0.391 e. The van der Waals surface area contributed by atoms with Gasteiger partial charge in [0.1, 0.15) is 0 Å². The number of amides is 1. The van der Waals surface area contributed by atoms with Crippen LogP contribution in [0.4, 0.5) is 0 Å². The van der Waals surface area contributed by atoms with Gasteiger partial charge in [-0.2, -0.15) is 0 Å². The van der Waals surface area contributed by atoms with Crippen LogP contribution in [0.15, 0.2) is 0 Å². The first kappa shape index (κ1) is 8.53. The zero-order chi connectivity index (χ0) is 8.59. The SMILES string of the molecule is C[C@H](O)[C@@H]1[C@H](C)CC(=O)N1C. The van der Waals surface area contributed by atoms with Gasteiger partial charge >= 0.3 is 0 Å². The van der Waals surface area contributed by atoms with Crippen LogP contribution in [0.25, 0.3) is 0 Å². The Balaban J connectivity index is 2.71. The molecule has 3 nitrogen and oxygen atoms in total. The Morgan fingerprint density at radius 3 is 2.45 bits per heavy atom. The van der Waals surface area contributed by atoms with Gasteiger partial charge in [0.25, 0.3) is 0 Å². The van der Waals surface area contributed by atoms with Crippen molar-refractivity contribution in [3.05, 3.63) is 0 Å². The van der Waals surface area contributed by atoms with E-state index in [9.17, 15) is 9.90 Å². The summed E-state index contributed by atoms with van der Waals surface area (Å²) in [5, 5.41) is 9.32. The predicted octanol–water partition coefficient (Wildman–Crippen LogP) is 0.234. The highest BCUT2D eigenvalue weighted by molar-refractivity contribution is 5.79. The van der Waals surface area contributed by atoms with Crippen LogP contribution in [0.3, 0.4) is 0 Å². The summed E-state index contributed by atoms with van der Waals surface area (Å²) in [6, 6.07) is 0.0162. The van der Waals surface area contributed by atoms with E-state index >= 15 is 0 Å². The average molecular weight is 157 g/mol. The van der Waals surface area contributed by atoms with Gasteiger partial charge in [-0.05, 0) is 12.8 Å². The number of carbonyl (C=O) groups excluding carboxylic acids is 1. The fourth-order valence-electron chi connectivity index (χ4n) is 1.89. The Kier molecular flexibility index (Phi) is 2.18. The van der Waals surface area contributed by atoms with Crippen LogP contribution in [0, 0.1) is 5.92 Å². The average Bonchev–Trinajstić information content (AvgIpc) is 2.07. The zero-order valence-corrected chi connectivity index (χ0v) is 7.24. The molecule has 0 spiro atoms. The molecule has 1 N–H and O–H groups in total. The van der Waals surface area contributed by atoms with Gasteiger partial charge in [-0.3, -0.25) is 4.79 Å². The van der Waals surface area contributed by atoms with E-state index in [4.69, 9.17) is 0 Å². The molecule has 0 bridgehead atoms. The predicted molar refractivity (Wildman–Crippen MR) is 42.0 cm³/mol. The first-order valence-electron chi connectivity index (χ1n) is 3.97. The molecule has 3 heteroatoms. The highest BCUT2D eigenvalue weighted by Gasteiger charge is 2.37. The van der Waals surface area contributed by atoms with Crippen molar-refractivity contribution in [1.29, 1.82) is 0 Å². The molecule has 0 saturated carbocycles. The van der Waals surface area contributed by atoms with Crippen LogP contribution in [-0.2, 0) is 4.79 Å². The molecule has 1 fully saturated rings. The Morgan fingerprint density at radius 1 is 1.73 bits per heavy atom. The van der Waals surface area contributed by atoms with Crippen LogP contribution in [-0.4, -0.2) is 35.1 Å². The molecule has 1 amide bonds. The summed E-state index contributed by atoms with van der Waals surface area (Å²) in [5.41, 5.74) is 0. The maximum Gasteiger partial charge on any atom is 0.223 e. The van der Waals surface area contributed by atoms with Crippen LogP contribution in [0.1, 0.15) is 20.3 Å². The minimum absolute atomic E-state index is 0.0162. The Bertz CT molecular complexity index is 167. The molecule has 1 aliphatic heterocycles. The second-order valence-corrected chi connectivity index (χ2v) is 3.42. The largest absolute Gasteiger partial charge is 0.391 e. The second-order valence-electron chi connectivity index (χ2n) is 3.42. The summed E-state index contributed by atoms with van der Waals surface area (Å²) in [6.45, 7) is 3.73. The lowest BCUT2D eigenvalue weighted by Crippen LogP contribution is -2.39. The number of aliphatic hydroxyl groups is 1. The number of rotatable bonds is 1. The molecule has 3 atom stereocenters. The number of likely N-dealkylation sites (N-methyl/N-ethyl adjacent to an activating group) is 1. The Labute approximate surface area is 67.0 Å². The lowest BCUT2D eigenvalue weighted by molar-refractivity contribution is -0.128. The van der Waals surface area contributed by atoms with E-state index in [2.05, 4.69) is 0 Å². The Hall–Kier alpha value is -0.570. The fourth-order valence-corrected chi connectivity index (χ4v) is 1.89. The topological polar surface area (TPSA) is 40.5 Å². The van der Waals surface area contributed by atoms with Crippen molar-refractivity contribution >= 4 is 5.91 Å². The van der Waals surface area contributed by atoms with Gasteiger partial charge in [-0.1, -0.05) is 6.92 Å². The standard InChI is InChI=1S/C8H15NO2/c1-5-4-7(11)9(3)8(5)6(2)10/h5-6,8,10H,4H2,1-3H3/t5-,6+,8+/m1/s1. The van der Waals surface area contributed by atoms with E-state index < -0.39 is 6.10 Å². The van der Waals surface area contributed by atoms with Crippen molar-refractivity contribution in [3.63, 3.8) is 0 Å². The zero-order valence-electron chi connectivity index (χ0n) is 7.24. The summed E-state index contributed by atoms with van der Waals surface area (Å²) in [4.78, 5) is 12.8. The summed E-state index contributed by atoms with van der Waals surface area (Å²) < 4.78 is 0. The van der Waals surface area contributed by atoms with Crippen molar-refractivity contribution in [2.24, 2.45) is 5.92 Å². The Morgan fingerprint density at radius 2 is 2.27 bits per heavy atom. The molecule has 0 aromatic carbocycles. The van der Waals surface area contributed by atoms with E-state index in [1.54, 1.807) is 18.9 Å². The third kappa shape index (κ3) is 1.38. The van der Waals surface area contributed by atoms with E-state index in [1.807, 2.05) is 6.92 Å². The molecule has 0 aromatic heterocycles. The van der Waals surface area contributed by atoms with Gasteiger partial charge in [0.05, 0.1) is 12.1 Å². The van der Waals surface area contributed by atoms with E-state index in [-0.39, 0.29) is 17.9 Å².